The summed E-state index contributed by atoms with van der Waals surface area (Å²) in [5.41, 5.74) is 0. The molecule has 8 heavy (non-hydrogen) atoms. The highest BCUT2D eigenvalue weighted by Gasteiger charge is 2.47. The Balaban J connectivity index is 1.99. The molecule has 1 heterocycles. The summed E-state index contributed by atoms with van der Waals surface area (Å²) in [6.07, 6.45) is 2.49. The predicted molar refractivity (Wildman–Crippen MR) is 27.4 cm³/mol. The zero-order valence-electron chi connectivity index (χ0n) is 4.64. The van der Waals surface area contributed by atoms with E-state index < -0.39 is 6.17 Å². The van der Waals surface area contributed by atoms with Crippen LogP contribution in [0.25, 0.3) is 0 Å². The van der Waals surface area contributed by atoms with E-state index in [4.69, 9.17) is 4.74 Å². The Hall–Kier alpha value is -0.110. The third-order valence-electron chi connectivity index (χ3n) is 1.95. The van der Waals surface area contributed by atoms with E-state index in [0.29, 0.717) is 6.10 Å². The first-order chi connectivity index (χ1) is 3.88. The van der Waals surface area contributed by atoms with Crippen LogP contribution in [0.4, 0.5) is 4.39 Å². The lowest BCUT2D eigenvalue weighted by atomic mass is 9.99. The Morgan fingerprint density at radius 1 is 1.38 bits per heavy atom. The Morgan fingerprint density at radius 2 is 2.25 bits per heavy atom. The summed E-state index contributed by atoms with van der Waals surface area (Å²) < 4.78 is 17.5. The number of hydrogen-bond donors (Lipinski definition) is 0. The molecule has 0 aromatic carbocycles. The molecule has 2 aliphatic rings. The van der Waals surface area contributed by atoms with Gasteiger partial charge in [-0.1, -0.05) is 0 Å². The fourth-order valence-electron chi connectivity index (χ4n) is 1.39. The van der Waals surface area contributed by atoms with Gasteiger partial charge in [0.2, 0.25) is 0 Å². The van der Waals surface area contributed by atoms with Gasteiger partial charge in [0.1, 0.15) is 12.3 Å². The van der Waals surface area contributed by atoms with Crippen molar-refractivity contribution in [2.45, 2.75) is 37.6 Å². The third-order valence-corrected chi connectivity index (χ3v) is 1.95. The first-order valence-corrected chi connectivity index (χ1v) is 3.17. The van der Waals surface area contributed by atoms with Crippen molar-refractivity contribution in [1.82, 2.24) is 0 Å². The molecule has 0 bridgehead atoms. The van der Waals surface area contributed by atoms with Crippen LogP contribution in [0.5, 0.6) is 0 Å². The topological polar surface area (TPSA) is 12.5 Å². The molecule has 3 unspecified atom stereocenters. The molecule has 46 valence electrons. The molecule has 0 aromatic rings. The third kappa shape index (κ3) is 0.558. The zero-order chi connectivity index (χ0) is 5.56. The first kappa shape index (κ1) is 4.74. The molecule has 0 spiro atoms. The zero-order valence-corrected chi connectivity index (χ0v) is 4.64. The maximum absolute atomic E-state index is 12.5. The molecule has 0 radical (unpaired) electrons. The van der Waals surface area contributed by atoms with Gasteiger partial charge in [0.15, 0.2) is 0 Å². The van der Waals surface area contributed by atoms with E-state index in [1.165, 1.54) is 0 Å². The highest BCUT2D eigenvalue weighted by Crippen LogP contribution is 2.37. The number of epoxide rings is 1. The minimum Gasteiger partial charge on any atom is -0.366 e. The lowest BCUT2D eigenvalue weighted by molar-refractivity contribution is 0.238. The lowest BCUT2D eigenvalue weighted by Gasteiger charge is -2.07. The Labute approximate surface area is 47.8 Å². The van der Waals surface area contributed by atoms with Crippen LogP contribution in [0.1, 0.15) is 19.3 Å². The van der Waals surface area contributed by atoms with Gasteiger partial charge in [-0.25, -0.2) is 4.39 Å². The van der Waals surface area contributed by atoms with Crippen molar-refractivity contribution < 1.29 is 9.13 Å². The molecule has 1 nitrogen and oxygen atoms in total. The van der Waals surface area contributed by atoms with Crippen LogP contribution in [0.15, 0.2) is 0 Å². The van der Waals surface area contributed by atoms with Gasteiger partial charge in [-0.2, -0.15) is 0 Å². The Morgan fingerprint density at radius 3 is 2.88 bits per heavy atom. The average Bonchev–Trinajstić information content (AvgIpc) is 2.45. The molecule has 3 atom stereocenters. The number of halogens is 1. The first-order valence-electron chi connectivity index (χ1n) is 3.17. The summed E-state index contributed by atoms with van der Waals surface area (Å²) in [5.74, 6) is 0. The smallest absolute Gasteiger partial charge is 0.129 e. The summed E-state index contributed by atoms with van der Waals surface area (Å²) in [4.78, 5) is 0. The van der Waals surface area contributed by atoms with Crippen LogP contribution in [0.3, 0.4) is 0 Å². The van der Waals surface area contributed by atoms with Crippen molar-refractivity contribution in [3.63, 3.8) is 0 Å². The van der Waals surface area contributed by atoms with Crippen molar-refractivity contribution in [3.05, 3.63) is 0 Å². The van der Waals surface area contributed by atoms with Gasteiger partial charge < -0.3 is 4.74 Å². The number of fused-ring (bicyclic) bond motifs is 1. The molecule has 1 saturated carbocycles. The lowest BCUT2D eigenvalue weighted by Crippen LogP contribution is -2.16. The van der Waals surface area contributed by atoms with Crippen molar-refractivity contribution >= 4 is 0 Å². The summed E-state index contributed by atoms with van der Waals surface area (Å²) in [7, 11) is 0. The molecule has 2 rings (SSSR count). The normalized spacial score (nSPS) is 52.9. The SMILES string of the molecule is FC1CCCC2OC12. The molecule has 1 aliphatic carbocycles. The minimum absolute atomic E-state index is 0.00347. The maximum Gasteiger partial charge on any atom is 0.129 e. The number of rotatable bonds is 0. The van der Waals surface area contributed by atoms with E-state index in [9.17, 15) is 4.39 Å². The Kier molecular flexibility index (Phi) is 0.852. The monoisotopic (exact) mass is 116 g/mol. The van der Waals surface area contributed by atoms with Crippen LogP contribution in [-0.2, 0) is 4.74 Å². The number of alkyl halides is 1. The van der Waals surface area contributed by atoms with Gasteiger partial charge in [-0.15, -0.1) is 0 Å². The van der Waals surface area contributed by atoms with Gasteiger partial charge in [0, 0.05) is 0 Å². The molecular weight excluding hydrogens is 107 g/mol. The van der Waals surface area contributed by atoms with Crippen LogP contribution in [-0.4, -0.2) is 18.4 Å². The van der Waals surface area contributed by atoms with Crippen LogP contribution in [0, 0.1) is 0 Å². The largest absolute Gasteiger partial charge is 0.366 e. The predicted octanol–water partition coefficient (Wildman–Crippen LogP) is 1.28. The standard InChI is InChI=1S/C6H9FO/c7-4-2-1-3-5-6(4)8-5/h4-6H,1-3H2. The molecule has 1 aliphatic heterocycles. The second-order valence-corrected chi connectivity index (χ2v) is 2.59. The quantitative estimate of drug-likeness (QED) is 0.434. The summed E-state index contributed by atoms with van der Waals surface area (Å²) in [5, 5.41) is 0. The second-order valence-electron chi connectivity index (χ2n) is 2.59. The molecule has 0 N–H and O–H groups in total. The van der Waals surface area contributed by atoms with Crippen LogP contribution in [0.2, 0.25) is 0 Å². The highest BCUT2D eigenvalue weighted by atomic mass is 19.1. The van der Waals surface area contributed by atoms with Gasteiger partial charge in [-0.05, 0) is 19.3 Å². The van der Waals surface area contributed by atoms with Crippen molar-refractivity contribution in [3.8, 4) is 0 Å². The number of hydrogen-bond acceptors (Lipinski definition) is 1. The van der Waals surface area contributed by atoms with Gasteiger partial charge in [0.05, 0.1) is 6.10 Å². The molecule has 2 fully saturated rings. The van der Waals surface area contributed by atoms with Gasteiger partial charge in [-0.3, -0.25) is 0 Å². The van der Waals surface area contributed by atoms with Crippen molar-refractivity contribution in [2.75, 3.05) is 0 Å². The highest BCUT2D eigenvalue weighted by molar-refractivity contribution is 4.94. The fraction of sp³-hybridized carbons (Fsp3) is 1.00. The fourth-order valence-corrected chi connectivity index (χ4v) is 1.39. The Bertz CT molecular complexity index is 105. The van der Waals surface area contributed by atoms with Crippen molar-refractivity contribution in [2.24, 2.45) is 0 Å². The van der Waals surface area contributed by atoms with Crippen molar-refractivity contribution in [1.29, 1.82) is 0 Å². The van der Waals surface area contributed by atoms with E-state index in [2.05, 4.69) is 0 Å². The van der Waals surface area contributed by atoms with Gasteiger partial charge >= 0.3 is 0 Å². The summed E-state index contributed by atoms with van der Waals surface area (Å²) >= 11 is 0. The number of ether oxygens (including phenoxy) is 1. The van der Waals surface area contributed by atoms with E-state index >= 15 is 0 Å². The van der Waals surface area contributed by atoms with Crippen LogP contribution < -0.4 is 0 Å². The molecular formula is C6H9FO. The minimum atomic E-state index is -0.645. The van der Waals surface area contributed by atoms with Gasteiger partial charge in [0.25, 0.3) is 0 Å². The van der Waals surface area contributed by atoms with E-state index in [0.717, 1.165) is 19.3 Å². The van der Waals surface area contributed by atoms with E-state index in [1.807, 2.05) is 0 Å². The summed E-state index contributed by atoms with van der Waals surface area (Å²) in [6, 6.07) is 0. The van der Waals surface area contributed by atoms with E-state index in [1.54, 1.807) is 0 Å². The molecule has 0 aromatic heterocycles. The molecule has 2 heteroatoms. The maximum atomic E-state index is 12.5. The van der Waals surface area contributed by atoms with Crippen LogP contribution >= 0.6 is 0 Å². The average molecular weight is 116 g/mol. The molecule has 0 amide bonds. The molecule has 1 saturated heterocycles. The van der Waals surface area contributed by atoms with E-state index in [-0.39, 0.29) is 6.10 Å². The second kappa shape index (κ2) is 1.44. The summed E-state index contributed by atoms with van der Waals surface area (Å²) in [6.45, 7) is 0.